The number of phosphoric ester groups is 2. The first-order valence-corrected chi connectivity index (χ1v) is 22.7. The number of aliphatic carboxylic acids is 2. The molecule has 0 bridgehead atoms. The number of carboxylic acid groups (broad SMARTS) is 4. The molecule has 2 unspecified atom stereocenters. The second-order valence-corrected chi connectivity index (χ2v) is 17.0. The molecule has 0 radical (unpaired) electrons. The van der Waals surface area contributed by atoms with Gasteiger partial charge in [0.2, 0.25) is 0 Å². The molecule has 0 amide bonds. The van der Waals surface area contributed by atoms with Crippen LogP contribution in [0.1, 0.15) is 44.3 Å². The molecule has 2 aliphatic heterocycles. The highest BCUT2D eigenvalue weighted by Crippen LogP contribution is 2.38. The molecular weight excluding hydrogens is 950 g/mol. The second kappa shape index (κ2) is 26.3. The largest absolute Gasteiger partial charge is 0.790 e. The number of hydrogen-bond acceptors (Lipinski definition) is 18. The average molecular weight is 1000 g/mol. The van der Waals surface area contributed by atoms with Crippen LogP contribution in [0.2, 0.25) is 0 Å². The van der Waals surface area contributed by atoms with Crippen molar-refractivity contribution < 1.29 is 116 Å². The standard InChI is InChI=1S/2C11H14NO9P.2C9H11NO2/c2*13-8-7(5-20-22(17,18)19)21-10(9(8)14)12-3-1-2-6(4-12)11(15)16;2*10-8(9(11)12)6-7-4-2-1-3-5-7/h2*1-4,7-10,13-14H,5H2,(H2-,15,16,17,18,19);2*1-5,8H,6,10H2,(H,11,12)/t2*7-,8+,9+,10-;;/m11../s1. The summed E-state index contributed by atoms with van der Waals surface area (Å²) in [5.41, 5.74) is 12.5. The highest BCUT2D eigenvalue weighted by Gasteiger charge is 2.50. The maximum absolute atomic E-state index is 10.9. The quantitative estimate of drug-likeness (QED) is 0.0389. The molecule has 26 nitrogen and oxygen atoms in total. The molecule has 2 fully saturated rings. The number of nitrogens with zero attached hydrogens (tertiary/aromatic N) is 2. The predicted molar refractivity (Wildman–Crippen MR) is 222 cm³/mol. The van der Waals surface area contributed by atoms with Crippen LogP contribution in [-0.4, -0.2) is 136 Å². The van der Waals surface area contributed by atoms with Gasteiger partial charge in [-0.1, -0.05) is 60.7 Å². The van der Waals surface area contributed by atoms with E-state index in [-0.39, 0.29) is 11.1 Å². The van der Waals surface area contributed by atoms with E-state index in [2.05, 4.69) is 9.05 Å². The highest BCUT2D eigenvalue weighted by molar-refractivity contribution is 7.46. The fraction of sp³-hybridized carbons (Fsp3) is 0.350. The third-order valence-electron chi connectivity index (χ3n) is 9.44. The lowest BCUT2D eigenvalue weighted by molar-refractivity contribution is -0.766. The van der Waals surface area contributed by atoms with Crippen molar-refractivity contribution >= 4 is 39.5 Å². The Morgan fingerprint density at radius 2 is 0.941 bits per heavy atom. The number of rotatable bonds is 16. The number of aliphatic hydroxyl groups is 4. The first-order chi connectivity index (χ1) is 31.8. The van der Waals surface area contributed by atoms with Gasteiger partial charge in [0.25, 0.3) is 12.5 Å². The fourth-order valence-corrected chi connectivity index (χ4v) is 6.70. The lowest BCUT2D eigenvalue weighted by atomic mass is 10.1. The zero-order valence-corrected chi connectivity index (χ0v) is 37.1. The molecule has 6 rings (SSSR count). The summed E-state index contributed by atoms with van der Waals surface area (Å²) >= 11 is 0. The minimum atomic E-state index is -5.23. The molecule has 0 saturated carbocycles. The average Bonchev–Trinajstić information content (AvgIpc) is 3.74. The van der Waals surface area contributed by atoms with Gasteiger partial charge in [0.15, 0.2) is 37.0 Å². The fourth-order valence-electron chi connectivity index (χ4n) is 6.03. The van der Waals surface area contributed by atoms with Gasteiger partial charge in [-0.05, 0) is 36.1 Å². The molecule has 0 aliphatic carbocycles. The first-order valence-electron chi connectivity index (χ1n) is 19.7. The number of carboxylic acids is 4. The lowest BCUT2D eigenvalue weighted by Crippen LogP contribution is -2.46. The van der Waals surface area contributed by atoms with E-state index in [0.717, 1.165) is 11.1 Å². The summed E-state index contributed by atoms with van der Waals surface area (Å²) in [6.45, 7) is -1.38. The molecule has 10 atom stereocenters. The van der Waals surface area contributed by atoms with Crippen LogP contribution >= 0.6 is 15.6 Å². The molecule has 68 heavy (non-hydrogen) atoms. The number of phosphoric acid groups is 2. The van der Waals surface area contributed by atoms with Crippen molar-refractivity contribution in [1.29, 1.82) is 0 Å². The van der Waals surface area contributed by atoms with Gasteiger partial charge in [-0.2, -0.15) is 9.13 Å². The number of hydrogen-bond donors (Lipinski definition) is 12. The van der Waals surface area contributed by atoms with Crippen molar-refractivity contribution in [2.45, 2.75) is 74.0 Å². The SMILES string of the molecule is NC(Cc1ccccc1)C(=O)O.NC(Cc1ccccc1)C(=O)O.O=C(O)c1ccc[n+]([C@@H]2O[C@H](COP(=O)(O)O)[C@H](O)[C@@H]2O)c1.O=C(O)c1ccc[n+]([C@@H]2O[C@H](COP(=O)([O-])[O-])[C@H](O)[C@@H]2O)c1. The van der Waals surface area contributed by atoms with Gasteiger partial charge in [-0.3, -0.25) is 14.1 Å². The summed E-state index contributed by atoms with van der Waals surface area (Å²) in [5.74, 6) is -4.29. The van der Waals surface area contributed by atoms with Crippen molar-refractivity contribution in [3.05, 3.63) is 132 Å². The van der Waals surface area contributed by atoms with Crippen molar-refractivity contribution in [1.82, 2.24) is 0 Å². The maximum atomic E-state index is 10.9. The Hall–Kier alpha value is -5.48. The second-order valence-electron chi connectivity index (χ2n) is 14.6. The predicted octanol–water partition coefficient (Wildman–Crippen LogP) is -3.18. The van der Waals surface area contributed by atoms with Crippen molar-refractivity contribution in [2.24, 2.45) is 11.5 Å². The number of carbonyl (C=O) groups is 4. The third-order valence-corrected chi connectivity index (χ3v) is 10.4. The van der Waals surface area contributed by atoms with Gasteiger partial charge < -0.3 is 90.5 Å². The summed E-state index contributed by atoms with van der Waals surface area (Å²) in [6, 6.07) is 22.6. The van der Waals surface area contributed by atoms with E-state index >= 15 is 0 Å². The molecule has 4 heterocycles. The van der Waals surface area contributed by atoms with Gasteiger partial charge >= 0.3 is 31.7 Å². The Kier molecular flexibility index (Phi) is 22.0. The molecule has 2 aliphatic rings. The zero-order chi connectivity index (χ0) is 50.9. The molecule has 14 N–H and O–H groups in total. The van der Waals surface area contributed by atoms with Crippen LogP contribution in [0.25, 0.3) is 0 Å². The molecule has 2 saturated heterocycles. The lowest BCUT2D eigenvalue weighted by Gasteiger charge is -2.30. The first kappa shape index (κ1) is 56.8. The Balaban J connectivity index is 0.000000250. The van der Waals surface area contributed by atoms with Crippen LogP contribution < -0.4 is 30.4 Å². The molecule has 2 aromatic carbocycles. The highest BCUT2D eigenvalue weighted by atomic mass is 31.2. The van der Waals surface area contributed by atoms with Gasteiger partial charge in [0, 0.05) is 12.1 Å². The van der Waals surface area contributed by atoms with Crippen LogP contribution in [0.4, 0.5) is 0 Å². The summed E-state index contributed by atoms with van der Waals surface area (Å²) in [7, 11) is -9.97. The van der Waals surface area contributed by atoms with E-state index in [9.17, 15) is 58.5 Å². The number of aromatic carboxylic acids is 2. The number of ether oxygens (including phenoxy) is 2. The summed E-state index contributed by atoms with van der Waals surface area (Å²) in [5, 5.41) is 74.3. The summed E-state index contributed by atoms with van der Waals surface area (Å²) in [6.07, 6.45) is -4.53. The van der Waals surface area contributed by atoms with Crippen molar-refractivity contribution in [3.8, 4) is 0 Å². The van der Waals surface area contributed by atoms with Crippen LogP contribution in [0.15, 0.2) is 110 Å². The monoisotopic (exact) mass is 1000 g/mol. The van der Waals surface area contributed by atoms with E-state index < -0.39 is 114 Å². The van der Waals surface area contributed by atoms with Crippen molar-refractivity contribution in [3.63, 3.8) is 0 Å². The number of pyridine rings is 2. The Labute approximate surface area is 385 Å². The summed E-state index contributed by atoms with van der Waals surface area (Å²) < 4.78 is 42.4. The van der Waals surface area contributed by atoms with Gasteiger partial charge in [0.1, 0.15) is 47.6 Å². The normalized spacial score (nSPS) is 23.0. The number of aliphatic hydroxyl groups excluding tert-OH is 4. The Morgan fingerprint density at radius 1 is 0.588 bits per heavy atom. The smallest absolute Gasteiger partial charge is 0.469 e. The molecule has 0 spiro atoms. The Morgan fingerprint density at radius 3 is 1.25 bits per heavy atom. The zero-order valence-electron chi connectivity index (χ0n) is 35.3. The van der Waals surface area contributed by atoms with Crippen LogP contribution in [0.5, 0.6) is 0 Å². The van der Waals surface area contributed by atoms with E-state index in [4.69, 9.17) is 51.2 Å². The number of benzene rings is 2. The van der Waals surface area contributed by atoms with Gasteiger partial charge in [-0.25, -0.2) is 14.2 Å². The van der Waals surface area contributed by atoms with E-state index in [0.29, 0.717) is 12.8 Å². The van der Waals surface area contributed by atoms with E-state index in [1.54, 1.807) is 0 Å². The molecule has 28 heteroatoms. The number of aromatic nitrogens is 2. The van der Waals surface area contributed by atoms with Crippen molar-refractivity contribution in [2.75, 3.05) is 13.2 Å². The van der Waals surface area contributed by atoms with Crippen LogP contribution in [0, 0.1) is 0 Å². The summed E-state index contributed by atoms with van der Waals surface area (Å²) in [4.78, 5) is 80.7. The minimum absolute atomic E-state index is 0.0530. The van der Waals surface area contributed by atoms with Gasteiger partial charge in [0.05, 0.1) is 21.0 Å². The van der Waals surface area contributed by atoms with Gasteiger partial charge in [-0.15, -0.1) is 0 Å². The van der Waals surface area contributed by atoms with E-state index in [1.807, 2.05) is 60.7 Å². The molecule has 2 aromatic heterocycles. The Bertz CT molecular complexity index is 2200. The maximum Gasteiger partial charge on any atom is 0.469 e. The third kappa shape index (κ3) is 18.9. The van der Waals surface area contributed by atoms with E-state index in [1.165, 1.54) is 58.2 Å². The number of nitrogens with two attached hydrogens (primary N) is 2. The van der Waals surface area contributed by atoms with Crippen LogP contribution in [-0.2, 0) is 50.1 Å². The topological polar surface area (TPSA) is 448 Å². The molecule has 4 aromatic rings. The van der Waals surface area contributed by atoms with Crippen LogP contribution in [0.3, 0.4) is 0 Å². The molecular formula is C40H50N4O22P2. The molecule has 372 valence electrons. The minimum Gasteiger partial charge on any atom is -0.790 e.